The highest BCUT2D eigenvalue weighted by molar-refractivity contribution is 5.92. The van der Waals surface area contributed by atoms with Crippen molar-refractivity contribution in [1.29, 1.82) is 0 Å². The van der Waals surface area contributed by atoms with Crippen LogP contribution in [0.25, 0.3) is 22.2 Å². The van der Waals surface area contributed by atoms with Gasteiger partial charge in [0, 0.05) is 11.5 Å². The van der Waals surface area contributed by atoms with E-state index in [-0.39, 0.29) is 0 Å². The Kier molecular flexibility index (Phi) is 3.23. The Morgan fingerprint density at radius 1 is 0.857 bits per heavy atom. The minimum absolute atomic E-state index is 0.620. The van der Waals surface area contributed by atoms with Crippen molar-refractivity contribution in [2.75, 3.05) is 0 Å². The molecule has 2 heteroatoms. The first-order chi connectivity index (χ1) is 10.4. The molecule has 1 aromatic heterocycles. The van der Waals surface area contributed by atoms with Gasteiger partial charge in [0.1, 0.15) is 5.82 Å². The number of aromatic amines is 1. The summed E-state index contributed by atoms with van der Waals surface area (Å²) in [7, 11) is 0. The molecule has 21 heavy (non-hydrogen) atoms. The molecule has 2 nitrogen and oxygen atoms in total. The van der Waals surface area contributed by atoms with Gasteiger partial charge in [0.15, 0.2) is 0 Å². The zero-order valence-corrected chi connectivity index (χ0v) is 12.2. The Labute approximate surface area is 125 Å². The number of imidazole rings is 1. The number of H-pyrrole nitrogens is 1. The predicted octanol–water partition coefficient (Wildman–Crippen LogP) is 5.28. The van der Waals surface area contributed by atoms with Crippen LogP contribution in [-0.4, -0.2) is 9.97 Å². The molecule has 3 aromatic rings. The summed E-state index contributed by atoms with van der Waals surface area (Å²) in [6, 6.07) is 17.0. The molecule has 1 aliphatic rings. The topological polar surface area (TPSA) is 28.7 Å². The molecule has 0 unspecified atom stereocenters. The highest BCUT2D eigenvalue weighted by Gasteiger charge is 2.19. The van der Waals surface area contributed by atoms with Gasteiger partial charge in [0.2, 0.25) is 0 Å². The molecule has 1 aliphatic carbocycles. The summed E-state index contributed by atoms with van der Waals surface area (Å²) < 4.78 is 0. The molecule has 0 atom stereocenters. The zero-order valence-electron chi connectivity index (χ0n) is 12.2. The fourth-order valence-electron chi connectivity index (χ4n) is 3.47. The van der Waals surface area contributed by atoms with E-state index in [1.165, 1.54) is 49.1 Å². The highest BCUT2D eigenvalue weighted by Crippen LogP contribution is 2.34. The van der Waals surface area contributed by atoms with Crippen molar-refractivity contribution in [1.82, 2.24) is 9.97 Å². The Morgan fingerprint density at radius 2 is 1.67 bits per heavy atom. The molecule has 2 aromatic carbocycles. The minimum atomic E-state index is 0.620. The molecule has 0 spiro atoms. The number of nitrogens with zero attached hydrogens (tertiary/aromatic N) is 1. The molecule has 106 valence electrons. The maximum Gasteiger partial charge on any atom is 0.110 e. The third-order valence-electron chi connectivity index (χ3n) is 4.61. The summed E-state index contributed by atoms with van der Waals surface area (Å²) in [5.74, 6) is 1.81. The number of rotatable bonds is 2. The van der Waals surface area contributed by atoms with Crippen molar-refractivity contribution in [3.05, 3.63) is 54.4 Å². The Hall–Kier alpha value is -2.09. The third kappa shape index (κ3) is 2.35. The van der Waals surface area contributed by atoms with E-state index in [2.05, 4.69) is 53.5 Å². The second-order valence-electron chi connectivity index (χ2n) is 6.02. The Balaban J connectivity index is 1.80. The average Bonchev–Trinajstić information content (AvgIpc) is 3.00. The van der Waals surface area contributed by atoms with Gasteiger partial charge < -0.3 is 4.98 Å². The highest BCUT2D eigenvalue weighted by atomic mass is 14.9. The normalized spacial score (nSPS) is 16.4. The number of nitrogens with one attached hydrogen (secondary N) is 1. The largest absolute Gasteiger partial charge is 0.342 e. The molecule has 0 saturated heterocycles. The maximum atomic E-state index is 4.96. The first-order valence-electron chi connectivity index (χ1n) is 7.96. The van der Waals surface area contributed by atoms with Gasteiger partial charge in [-0.3, -0.25) is 0 Å². The Bertz CT molecular complexity index is 737. The van der Waals surface area contributed by atoms with Crippen LogP contribution >= 0.6 is 0 Å². The van der Waals surface area contributed by atoms with Crippen molar-refractivity contribution in [3.63, 3.8) is 0 Å². The van der Waals surface area contributed by atoms with E-state index in [4.69, 9.17) is 4.98 Å². The number of hydrogen-bond acceptors (Lipinski definition) is 1. The number of benzene rings is 2. The third-order valence-corrected chi connectivity index (χ3v) is 4.61. The molecular formula is C19H20N2. The van der Waals surface area contributed by atoms with Crippen LogP contribution in [0, 0.1) is 0 Å². The zero-order chi connectivity index (χ0) is 14.1. The SMILES string of the molecule is c1ccc(-c2cccc3[nH]c(C4CCCCC4)nc23)cc1. The lowest BCUT2D eigenvalue weighted by atomic mass is 9.89. The van der Waals surface area contributed by atoms with Crippen molar-refractivity contribution in [3.8, 4) is 11.1 Å². The second kappa shape index (κ2) is 5.36. The van der Waals surface area contributed by atoms with E-state index in [1.807, 2.05) is 0 Å². The molecule has 4 rings (SSSR count). The monoisotopic (exact) mass is 276 g/mol. The lowest BCUT2D eigenvalue weighted by Gasteiger charge is -2.19. The van der Waals surface area contributed by atoms with E-state index in [0.29, 0.717) is 5.92 Å². The van der Waals surface area contributed by atoms with Gasteiger partial charge >= 0.3 is 0 Å². The lowest BCUT2D eigenvalue weighted by molar-refractivity contribution is 0.431. The average molecular weight is 276 g/mol. The van der Waals surface area contributed by atoms with E-state index in [1.54, 1.807) is 0 Å². The summed E-state index contributed by atoms with van der Waals surface area (Å²) in [4.78, 5) is 8.52. The van der Waals surface area contributed by atoms with Gasteiger partial charge in [-0.15, -0.1) is 0 Å². The molecule has 0 amide bonds. The van der Waals surface area contributed by atoms with Crippen molar-refractivity contribution in [2.24, 2.45) is 0 Å². The number of aromatic nitrogens is 2. The minimum Gasteiger partial charge on any atom is -0.342 e. The smallest absolute Gasteiger partial charge is 0.110 e. The van der Waals surface area contributed by atoms with Crippen LogP contribution in [0.4, 0.5) is 0 Å². The fraction of sp³-hybridized carbons (Fsp3) is 0.316. The van der Waals surface area contributed by atoms with Gasteiger partial charge in [0.25, 0.3) is 0 Å². The predicted molar refractivity (Wildman–Crippen MR) is 87.4 cm³/mol. The summed E-state index contributed by atoms with van der Waals surface area (Å²) in [5.41, 5.74) is 4.75. The van der Waals surface area contributed by atoms with Crippen LogP contribution in [-0.2, 0) is 0 Å². The van der Waals surface area contributed by atoms with Crippen molar-refractivity contribution >= 4 is 11.0 Å². The number of hydrogen-bond donors (Lipinski definition) is 1. The van der Waals surface area contributed by atoms with Gasteiger partial charge in [0.05, 0.1) is 11.0 Å². The van der Waals surface area contributed by atoms with Crippen molar-refractivity contribution < 1.29 is 0 Å². The van der Waals surface area contributed by atoms with Crippen LogP contribution in [0.2, 0.25) is 0 Å². The van der Waals surface area contributed by atoms with Gasteiger partial charge in [-0.2, -0.15) is 0 Å². The molecule has 0 bridgehead atoms. The standard InChI is InChI=1S/C19H20N2/c1-3-8-14(9-4-1)16-12-7-13-17-18(16)21-19(20-17)15-10-5-2-6-11-15/h1,3-4,7-9,12-13,15H,2,5-6,10-11H2,(H,20,21). The van der Waals surface area contributed by atoms with Gasteiger partial charge in [-0.1, -0.05) is 61.7 Å². The Morgan fingerprint density at radius 3 is 2.48 bits per heavy atom. The van der Waals surface area contributed by atoms with Crippen LogP contribution < -0.4 is 0 Å². The number of fused-ring (bicyclic) bond motifs is 1. The van der Waals surface area contributed by atoms with Crippen LogP contribution in [0.15, 0.2) is 48.5 Å². The molecule has 0 radical (unpaired) electrons. The van der Waals surface area contributed by atoms with Crippen LogP contribution in [0.3, 0.4) is 0 Å². The molecule has 1 N–H and O–H groups in total. The first kappa shape index (κ1) is 12.6. The summed E-state index contributed by atoms with van der Waals surface area (Å²) >= 11 is 0. The molecule has 1 saturated carbocycles. The molecule has 1 heterocycles. The van der Waals surface area contributed by atoms with E-state index < -0.39 is 0 Å². The molecule has 0 aliphatic heterocycles. The maximum absolute atomic E-state index is 4.96. The number of para-hydroxylation sites is 1. The first-order valence-corrected chi connectivity index (χ1v) is 7.96. The van der Waals surface area contributed by atoms with Gasteiger partial charge in [-0.25, -0.2) is 4.98 Å². The molecule has 1 fully saturated rings. The second-order valence-corrected chi connectivity index (χ2v) is 6.02. The van der Waals surface area contributed by atoms with E-state index in [9.17, 15) is 0 Å². The molecular weight excluding hydrogens is 256 g/mol. The summed E-state index contributed by atoms with van der Waals surface area (Å²) in [5, 5.41) is 0. The van der Waals surface area contributed by atoms with Gasteiger partial charge in [-0.05, 0) is 24.5 Å². The van der Waals surface area contributed by atoms with E-state index >= 15 is 0 Å². The lowest BCUT2D eigenvalue weighted by Crippen LogP contribution is -2.05. The fourth-order valence-corrected chi connectivity index (χ4v) is 3.47. The summed E-state index contributed by atoms with van der Waals surface area (Å²) in [6.45, 7) is 0. The summed E-state index contributed by atoms with van der Waals surface area (Å²) in [6.07, 6.45) is 6.62. The van der Waals surface area contributed by atoms with E-state index in [0.717, 1.165) is 11.0 Å². The van der Waals surface area contributed by atoms with Crippen LogP contribution in [0.1, 0.15) is 43.8 Å². The van der Waals surface area contributed by atoms with Crippen molar-refractivity contribution in [2.45, 2.75) is 38.0 Å². The quantitative estimate of drug-likeness (QED) is 0.678. The van der Waals surface area contributed by atoms with Crippen LogP contribution in [0.5, 0.6) is 0 Å².